The number of carbonyl (C=O) groups is 1. The quantitative estimate of drug-likeness (QED) is 0.765. The zero-order valence-electron chi connectivity index (χ0n) is 17.6. The molecule has 0 spiro atoms. The van der Waals surface area contributed by atoms with Gasteiger partial charge in [0, 0.05) is 31.1 Å². The number of anilines is 2. The number of halogens is 1. The second-order valence-electron chi connectivity index (χ2n) is 8.98. The van der Waals surface area contributed by atoms with Gasteiger partial charge in [0.05, 0.1) is 24.5 Å². The first kappa shape index (κ1) is 19.4. The number of hydrogen-bond acceptors (Lipinski definition) is 4. The van der Waals surface area contributed by atoms with Gasteiger partial charge in [-0.1, -0.05) is 19.1 Å². The van der Waals surface area contributed by atoms with Crippen molar-refractivity contribution in [1.29, 1.82) is 0 Å². The van der Waals surface area contributed by atoms with E-state index in [0.717, 1.165) is 43.7 Å². The molecule has 0 aliphatic carbocycles. The van der Waals surface area contributed by atoms with E-state index in [-0.39, 0.29) is 17.1 Å². The van der Waals surface area contributed by atoms with Gasteiger partial charge in [-0.3, -0.25) is 4.79 Å². The predicted octanol–water partition coefficient (Wildman–Crippen LogP) is 3.71. The molecule has 0 saturated carbocycles. The van der Waals surface area contributed by atoms with E-state index >= 15 is 0 Å². The predicted molar refractivity (Wildman–Crippen MR) is 116 cm³/mol. The normalized spacial score (nSPS) is 25.0. The average Bonchev–Trinajstić information content (AvgIpc) is 2.97. The van der Waals surface area contributed by atoms with E-state index in [1.807, 2.05) is 0 Å². The van der Waals surface area contributed by atoms with Gasteiger partial charge < -0.3 is 19.9 Å². The number of nitrogens with zero attached hydrogens (tertiary/aromatic N) is 2. The third-order valence-electron chi connectivity index (χ3n) is 6.95. The molecule has 1 saturated heterocycles. The van der Waals surface area contributed by atoms with Crippen molar-refractivity contribution in [2.24, 2.45) is 0 Å². The maximum Gasteiger partial charge on any atom is 0.243 e. The average molecular weight is 410 g/mol. The molecule has 0 bridgehead atoms. The Kier molecular flexibility index (Phi) is 4.69. The standard InChI is InChI=1S/C24H28FN3O2/c1-16-4-9-19-23-22(16)26-21(29)14-28(23)20-10-12-27(15-24(19,20)2)11-3-13-30-18-7-5-17(25)6-8-18/h4-9,20H,3,10-15H2,1-2H3,(H,26,29)/t20?,24-/m0/s1. The van der Waals surface area contributed by atoms with Crippen LogP contribution in [0.2, 0.25) is 0 Å². The van der Waals surface area contributed by atoms with Crippen molar-refractivity contribution in [1.82, 2.24) is 4.90 Å². The summed E-state index contributed by atoms with van der Waals surface area (Å²) >= 11 is 0. The van der Waals surface area contributed by atoms with Gasteiger partial charge >= 0.3 is 0 Å². The Balaban J connectivity index is 1.27. The monoisotopic (exact) mass is 409 g/mol. The lowest BCUT2D eigenvalue weighted by Crippen LogP contribution is -2.57. The minimum atomic E-state index is -0.247. The Morgan fingerprint density at radius 1 is 1.23 bits per heavy atom. The van der Waals surface area contributed by atoms with Crippen molar-refractivity contribution in [3.8, 4) is 5.75 Å². The van der Waals surface area contributed by atoms with Gasteiger partial charge in [-0.25, -0.2) is 4.39 Å². The summed E-state index contributed by atoms with van der Waals surface area (Å²) < 4.78 is 18.8. The molecule has 1 N–H and O–H groups in total. The molecule has 6 heteroatoms. The third kappa shape index (κ3) is 3.14. The molecular formula is C24H28FN3O2. The first-order valence-electron chi connectivity index (χ1n) is 10.8. The lowest BCUT2D eigenvalue weighted by atomic mass is 9.74. The van der Waals surface area contributed by atoms with Crippen molar-refractivity contribution in [2.45, 2.75) is 38.1 Å². The Labute approximate surface area is 176 Å². The molecule has 5 rings (SSSR count). The molecule has 1 amide bonds. The summed E-state index contributed by atoms with van der Waals surface area (Å²) in [5.74, 6) is 0.553. The van der Waals surface area contributed by atoms with Crippen LogP contribution >= 0.6 is 0 Å². The summed E-state index contributed by atoms with van der Waals surface area (Å²) in [5.41, 5.74) is 4.74. The van der Waals surface area contributed by atoms with Crippen LogP contribution in [0.15, 0.2) is 36.4 Å². The van der Waals surface area contributed by atoms with Gasteiger partial charge in [0.25, 0.3) is 0 Å². The van der Waals surface area contributed by atoms with Crippen LogP contribution in [-0.4, -0.2) is 49.6 Å². The Hall–Kier alpha value is -2.60. The summed E-state index contributed by atoms with van der Waals surface area (Å²) in [6, 6.07) is 11.0. The summed E-state index contributed by atoms with van der Waals surface area (Å²) in [6.07, 6.45) is 1.98. The lowest BCUT2D eigenvalue weighted by Gasteiger charge is -2.45. The maximum atomic E-state index is 13.0. The Morgan fingerprint density at radius 2 is 2.03 bits per heavy atom. The fourth-order valence-electron chi connectivity index (χ4n) is 5.52. The molecule has 2 atom stereocenters. The van der Waals surface area contributed by atoms with Crippen molar-refractivity contribution in [3.05, 3.63) is 53.3 Å². The Bertz CT molecular complexity index is 977. The van der Waals surface area contributed by atoms with E-state index in [1.54, 1.807) is 12.1 Å². The zero-order chi connectivity index (χ0) is 20.9. The molecule has 1 unspecified atom stereocenters. The smallest absolute Gasteiger partial charge is 0.243 e. The van der Waals surface area contributed by atoms with Crippen LogP contribution in [0.4, 0.5) is 15.8 Å². The number of likely N-dealkylation sites (tertiary alicyclic amines) is 1. The van der Waals surface area contributed by atoms with Gasteiger partial charge in [-0.15, -0.1) is 0 Å². The minimum Gasteiger partial charge on any atom is -0.494 e. The highest BCUT2D eigenvalue weighted by atomic mass is 19.1. The largest absolute Gasteiger partial charge is 0.494 e. The molecule has 3 aliphatic rings. The number of ether oxygens (including phenoxy) is 1. The van der Waals surface area contributed by atoms with Crippen LogP contribution in [0.3, 0.4) is 0 Å². The van der Waals surface area contributed by atoms with Gasteiger partial charge in [-0.2, -0.15) is 0 Å². The van der Waals surface area contributed by atoms with E-state index in [2.05, 4.69) is 41.1 Å². The van der Waals surface area contributed by atoms with Crippen LogP contribution in [0.5, 0.6) is 5.75 Å². The van der Waals surface area contributed by atoms with Crippen molar-refractivity contribution < 1.29 is 13.9 Å². The second-order valence-corrected chi connectivity index (χ2v) is 8.98. The van der Waals surface area contributed by atoms with Crippen molar-refractivity contribution >= 4 is 17.3 Å². The molecule has 5 nitrogen and oxygen atoms in total. The highest BCUT2D eigenvalue weighted by molar-refractivity contribution is 6.04. The SMILES string of the molecule is Cc1ccc2c3c1NC(=O)CN3C1CCN(CCCOc3ccc(F)cc3)C[C@@]21C. The van der Waals surface area contributed by atoms with Gasteiger partial charge in [-0.05, 0) is 55.2 Å². The van der Waals surface area contributed by atoms with E-state index < -0.39 is 0 Å². The fraction of sp³-hybridized carbons (Fsp3) is 0.458. The highest BCUT2D eigenvalue weighted by Crippen LogP contribution is 2.53. The molecule has 1 fully saturated rings. The van der Waals surface area contributed by atoms with Gasteiger partial charge in [0.15, 0.2) is 0 Å². The number of benzene rings is 2. The van der Waals surface area contributed by atoms with Crippen LogP contribution < -0.4 is 15.0 Å². The van der Waals surface area contributed by atoms with Crippen molar-refractivity contribution in [3.63, 3.8) is 0 Å². The minimum absolute atomic E-state index is 0.0140. The van der Waals surface area contributed by atoms with E-state index in [1.165, 1.54) is 23.4 Å². The van der Waals surface area contributed by atoms with Crippen molar-refractivity contribution in [2.75, 3.05) is 43.0 Å². The molecule has 0 aromatic heterocycles. The summed E-state index contributed by atoms with van der Waals surface area (Å²) in [7, 11) is 0. The summed E-state index contributed by atoms with van der Waals surface area (Å²) in [6.45, 7) is 8.46. The number of rotatable bonds is 5. The number of fused-ring (bicyclic) bond motifs is 3. The molecule has 2 aromatic carbocycles. The number of carbonyl (C=O) groups excluding carboxylic acids is 1. The van der Waals surface area contributed by atoms with Crippen LogP contribution in [-0.2, 0) is 10.2 Å². The molecule has 158 valence electrons. The topological polar surface area (TPSA) is 44.8 Å². The molecular weight excluding hydrogens is 381 g/mol. The lowest BCUT2D eigenvalue weighted by molar-refractivity contribution is -0.115. The van der Waals surface area contributed by atoms with Gasteiger partial charge in [0.2, 0.25) is 5.91 Å². The molecule has 30 heavy (non-hydrogen) atoms. The molecule has 2 aromatic rings. The maximum absolute atomic E-state index is 13.0. The second kappa shape index (κ2) is 7.27. The molecule has 3 aliphatic heterocycles. The van der Waals surface area contributed by atoms with Crippen LogP contribution in [0.1, 0.15) is 30.9 Å². The van der Waals surface area contributed by atoms with Crippen LogP contribution in [0.25, 0.3) is 0 Å². The first-order valence-corrected chi connectivity index (χ1v) is 10.8. The number of nitrogens with one attached hydrogen (secondary N) is 1. The number of amides is 1. The van der Waals surface area contributed by atoms with E-state index in [9.17, 15) is 9.18 Å². The third-order valence-corrected chi connectivity index (χ3v) is 6.95. The first-order chi connectivity index (χ1) is 14.5. The number of piperidine rings is 1. The Morgan fingerprint density at radius 3 is 2.83 bits per heavy atom. The summed E-state index contributed by atoms with van der Waals surface area (Å²) in [5, 5.41) is 3.10. The number of hydrogen-bond donors (Lipinski definition) is 1. The van der Waals surface area contributed by atoms with Gasteiger partial charge in [0.1, 0.15) is 11.6 Å². The highest BCUT2D eigenvalue weighted by Gasteiger charge is 2.52. The summed E-state index contributed by atoms with van der Waals surface area (Å²) in [4.78, 5) is 17.2. The fourth-order valence-corrected chi connectivity index (χ4v) is 5.52. The number of aryl methyl sites for hydroxylation is 1. The molecule has 3 heterocycles. The molecule has 0 radical (unpaired) electrons. The zero-order valence-corrected chi connectivity index (χ0v) is 17.6. The van der Waals surface area contributed by atoms with Crippen LogP contribution in [0, 0.1) is 12.7 Å². The van der Waals surface area contributed by atoms with E-state index in [0.29, 0.717) is 24.9 Å². The van der Waals surface area contributed by atoms with E-state index in [4.69, 9.17) is 4.74 Å².